The Hall–Kier alpha value is -2.82. The van der Waals surface area contributed by atoms with Crippen molar-refractivity contribution in [2.24, 2.45) is 0 Å². The molecule has 0 aliphatic carbocycles. The number of rotatable bonds is 6. The minimum absolute atomic E-state index is 0.389. The molecular weight excluding hydrogens is 318 g/mol. The van der Waals surface area contributed by atoms with Gasteiger partial charge in [-0.2, -0.15) is 0 Å². The number of hydrogen-bond acceptors (Lipinski definition) is 4. The number of esters is 1. The van der Waals surface area contributed by atoms with E-state index in [0.717, 1.165) is 11.1 Å². The first-order valence-electron chi connectivity index (χ1n) is 8.16. The Morgan fingerprint density at radius 2 is 1.60 bits per heavy atom. The standard InChI is InChI=1S/C20H23NO4/c1-13-8-10-17(11-9-13)21-19(22)15(3)25-20(23)16(4)24-18-7-5-6-14(2)12-18/h5-12,15-16H,1-4H3,(H,21,22)/t15-,16+/m0/s1. The molecule has 2 rings (SSSR count). The van der Waals surface area contributed by atoms with E-state index in [1.54, 1.807) is 25.1 Å². The lowest BCUT2D eigenvalue weighted by Crippen LogP contribution is -2.35. The van der Waals surface area contributed by atoms with Crippen molar-refractivity contribution in [1.29, 1.82) is 0 Å². The number of benzene rings is 2. The van der Waals surface area contributed by atoms with Crippen molar-refractivity contribution in [1.82, 2.24) is 0 Å². The average molecular weight is 341 g/mol. The van der Waals surface area contributed by atoms with Gasteiger partial charge in [-0.15, -0.1) is 0 Å². The average Bonchev–Trinajstić information content (AvgIpc) is 2.56. The molecule has 2 aromatic carbocycles. The van der Waals surface area contributed by atoms with Crippen LogP contribution in [0.4, 0.5) is 5.69 Å². The second-order valence-corrected chi connectivity index (χ2v) is 6.01. The third-order valence-corrected chi connectivity index (χ3v) is 3.62. The summed E-state index contributed by atoms with van der Waals surface area (Å²) in [5.41, 5.74) is 2.78. The van der Waals surface area contributed by atoms with Crippen LogP contribution in [0.5, 0.6) is 5.75 Å². The number of carbonyl (C=O) groups is 2. The fourth-order valence-electron chi connectivity index (χ4n) is 2.15. The Kier molecular flexibility index (Phi) is 6.17. The molecule has 0 aromatic heterocycles. The summed E-state index contributed by atoms with van der Waals surface area (Å²) >= 11 is 0. The number of hydrogen-bond donors (Lipinski definition) is 1. The van der Waals surface area contributed by atoms with E-state index in [0.29, 0.717) is 11.4 Å². The first kappa shape index (κ1) is 18.5. The molecule has 0 fully saturated rings. The van der Waals surface area contributed by atoms with Crippen LogP contribution in [0.15, 0.2) is 48.5 Å². The highest BCUT2D eigenvalue weighted by Crippen LogP contribution is 2.15. The lowest BCUT2D eigenvalue weighted by atomic mass is 10.2. The van der Waals surface area contributed by atoms with E-state index in [1.807, 2.05) is 44.2 Å². The molecule has 0 radical (unpaired) electrons. The van der Waals surface area contributed by atoms with Gasteiger partial charge in [-0.05, 0) is 57.5 Å². The monoisotopic (exact) mass is 341 g/mol. The van der Waals surface area contributed by atoms with E-state index in [2.05, 4.69) is 5.32 Å². The molecule has 1 amide bonds. The Morgan fingerprint density at radius 3 is 2.24 bits per heavy atom. The molecule has 0 heterocycles. The minimum atomic E-state index is -0.919. The third-order valence-electron chi connectivity index (χ3n) is 3.62. The molecule has 1 N–H and O–H groups in total. The van der Waals surface area contributed by atoms with Crippen LogP contribution in [0.2, 0.25) is 0 Å². The van der Waals surface area contributed by atoms with Crippen molar-refractivity contribution >= 4 is 17.6 Å². The zero-order chi connectivity index (χ0) is 18.4. The van der Waals surface area contributed by atoms with Gasteiger partial charge in [0, 0.05) is 5.69 Å². The first-order valence-corrected chi connectivity index (χ1v) is 8.16. The summed E-state index contributed by atoms with van der Waals surface area (Å²) in [6.07, 6.45) is -1.73. The second-order valence-electron chi connectivity index (χ2n) is 6.01. The van der Waals surface area contributed by atoms with Crippen molar-refractivity contribution in [2.45, 2.75) is 39.9 Å². The number of ether oxygens (including phenoxy) is 2. The van der Waals surface area contributed by atoms with E-state index in [4.69, 9.17) is 9.47 Å². The normalized spacial score (nSPS) is 12.8. The number of carbonyl (C=O) groups excluding carboxylic acids is 2. The van der Waals surface area contributed by atoms with E-state index >= 15 is 0 Å². The lowest BCUT2D eigenvalue weighted by Gasteiger charge is -2.18. The van der Waals surface area contributed by atoms with Crippen LogP contribution in [0.1, 0.15) is 25.0 Å². The molecule has 2 aromatic rings. The third kappa shape index (κ3) is 5.64. The van der Waals surface area contributed by atoms with Crippen LogP contribution in [0, 0.1) is 13.8 Å². The van der Waals surface area contributed by atoms with Crippen LogP contribution in [0.25, 0.3) is 0 Å². The Labute approximate surface area is 148 Å². The van der Waals surface area contributed by atoms with Gasteiger partial charge >= 0.3 is 5.97 Å². The molecule has 25 heavy (non-hydrogen) atoms. The highest BCUT2D eigenvalue weighted by Gasteiger charge is 2.23. The number of aryl methyl sites for hydroxylation is 2. The maximum absolute atomic E-state index is 12.1. The van der Waals surface area contributed by atoms with E-state index in [-0.39, 0.29) is 5.91 Å². The van der Waals surface area contributed by atoms with Gasteiger partial charge < -0.3 is 14.8 Å². The molecule has 0 saturated heterocycles. The zero-order valence-corrected chi connectivity index (χ0v) is 14.9. The molecule has 0 bridgehead atoms. The smallest absolute Gasteiger partial charge is 0.347 e. The highest BCUT2D eigenvalue weighted by atomic mass is 16.6. The summed E-state index contributed by atoms with van der Waals surface area (Å²) in [5.74, 6) is -0.394. The molecule has 5 heteroatoms. The van der Waals surface area contributed by atoms with Gasteiger partial charge in [0.25, 0.3) is 5.91 Å². The quantitative estimate of drug-likeness (QED) is 0.815. The molecule has 0 aliphatic rings. The summed E-state index contributed by atoms with van der Waals surface area (Å²) in [7, 11) is 0. The Bertz CT molecular complexity index is 740. The zero-order valence-electron chi connectivity index (χ0n) is 14.9. The van der Waals surface area contributed by atoms with E-state index in [1.165, 1.54) is 6.92 Å². The van der Waals surface area contributed by atoms with Gasteiger partial charge in [0.2, 0.25) is 0 Å². The molecular formula is C20H23NO4. The fraction of sp³-hybridized carbons (Fsp3) is 0.300. The summed E-state index contributed by atoms with van der Waals surface area (Å²) in [6.45, 7) is 7.02. The molecule has 0 spiro atoms. The summed E-state index contributed by atoms with van der Waals surface area (Å²) in [6, 6.07) is 14.8. The largest absolute Gasteiger partial charge is 0.479 e. The molecule has 2 atom stereocenters. The maximum atomic E-state index is 12.1. The fourth-order valence-corrected chi connectivity index (χ4v) is 2.15. The van der Waals surface area contributed by atoms with Gasteiger partial charge in [-0.1, -0.05) is 29.8 Å². The van der Waals surface area contributed by atoms with E-state index < -0.39 is 18.2 Å². The number of nitrogens with one attached hydrogen (secondary N) is 1. The van der Waals surface area contributed by atoms with Crippen molar-refractivity contribution < 1.29 is 19.1 Å². The molecule has 0 unspecified atom stereocenters. The lowest BCUT2D eigenvalue weighted by molar-refractivity contribution is -0.159. The van der Waals surface area contributed by atoms with Gasteiger partial charge in [0.1, 0.15) is 5.75 Å². The maximum Gasteiger partial charge on any atom is 0.347 e. The van der Waals surface area contributed by atoms with Crippen LogP contribution in [0.3, 0.4) is 0 Å². The SMILES string of the molecule is Cc1ccc(NC(=O)[C@H](C)OC(=O)[C@@H](C)Oc2cccc(C)c2)cc1. The van der Waals surface area contributed by atoms with Crippen LogP contribution in [-0.4, -0.2) is 24.1 Å². The predicted octanol–water partition coefficient (Wildman–Crippen LogP) is 3.64. The first-order chi connectivity index (χ1) is 11.8. The van der Waals surface area contributed by atoms with Crippen LogP contribution in [-0.2, 0) is 14.3 Å². The summed E-state index contributed by atoms with van der Waals surface area (Å²) in [5, 5.41) is 2.71. The second kappa shape index (κ2) is 8.33. The topological polar surface area (TPSA) is 64.6 Å². The van der Waals surface area contributed by atoms with E-state index in [9.17, 15) is 9.59 Å². The molecule has 132 valence electrons. The number of anilines is 1. The van der Waals surface area contributed by atoms with Crippen molar-refractivity contribution in [3.8, 4) is 5.75 Å². The Morgan fingerprint density at radius 1 is 0.920 bits per heavy atom. The minimum Gasteiger partial charge on any atom is -0.479 e. The van der Waals surface area contributed by atoms with Crippen molar-refractivity contribution in [3.05, 3.63) is 59.7 Å². The van der Waals surface area contributed by atoms with Gasteiger partial charge in [-0.25, -0.2) is 4.79 Å². The number of amides is 1. The summed E-state index contributed by atoms with van der Waals surface area (Å²) < 4.78 is 10.8. The molecule has 0 saturated carbocycles. The van der Waals surface area contributed by atoms with Gasteiger partial charge in [0.15, 0.2) is 12.2 Å². The van der Waals surface area contributed by atoms with Gasteiger partial charge in [0.05, 0.1) is 0 Å². The van der Waals surface area contributed by atoms with Crippen molar-refractivity contribution in [2.75, 3.05) is 5.32 Å². The summed E-state index contributed by atoms with van der Waals surface area (Å²) in [4.78, 5) is 24.2. The predicted molar refractivity (Wildman–Crippen MR) is 96.6 cm³/mol. The van der Waals surface area contributed by atoms with Crippen molar-refractivity contribution in [3.63, 3.8) is 0 Å². The van der Waals surface area contributed by atoms with Gasteiger partial charge in [-0.3, -0.25) is 4.79 Å². The highest BCUT2D eigenvalue weighted by molar-refractivity contribution is 5.95. The van der Waals surface area contributed by atoms with Crippen LogP contribution < -0.4 is 10.1 Å². The molecule has 5 nitrogen and oxygen atoms in total. The molecule has 0 aliphatic heterocycles. The van der Waals surface area contributed by atoms with Crippen LogP contribution >= 0.6 is 0 Å². The Balaban J connectivity index is 1.87.